The Bertz CT molecular complexity index is 531. The molecule has 0 spiro atoms. The van der Waals surface area contributed by atoms with E-state index >= 15 is 0 Å². The molecule has 0 saturated heterocycles. The minimum absolute atomic E-state index is 0.191. The van der Waals surface area contributed by atoms with Crippen LogP contribution in [0.15, 0.2) is 18.2 Å². The maximum absolute atomic E-state index is 11.8. The van der Waals surface area contributed by atoms with Crippen molar-refractivity contribution in [3.05, 3.63) is 23.8 Å². The zero-order chi connectivity index (χ0) is 16.7. The lowest BCUT2D eigenvalue weighted by Gasteiger charge is -2.23. The Morgan fingerprint density at radius 2 is 1.91 bits per heavy atom. The molecule has 1 rings (SSSR count). The number of amides is 2. The molecule has 1 aromatic carbocycles. The van der Waals surface area contributed by atoms with Crippen LogP contribution in [-0.4, -0.2) is 32.3 Å². The van der Waals surface area contributed by atoms with Crippen molar-refractivity contribution in [2.45, 2.75) is 26.4 Å². The molecule has 7 heteroatoms. The van der Waals surface area contributed by atoms with Gasteiger partial charge in [0.2, 0.25) is 0 Å². The number of methoxy groups -OCH3 is 2. The SMILES string of the molecule is COc1ccc(CNC(=O)N[C@H](C(=O)[O-])C(C)C)c(OC)c1. The molecule has 1 atom stereocenters. The fourth-order valence-electron chi connectivity index (χ4n) is 1.86. The number of carbonyl (C=O) groups excluding carboxylic acids is 2. The summed E-state index contributed by atoms with van der Waals surface area (Å²) in [5.74, 6) is -0.375. The molecular weight excluding hydrogens is 288 g/mol. The van der Waals surface area contributed by atoms with Gasteiger partial charge in [0.05, 0.1) is 26.2 Å². The van der Waals surface area contributed by atoms with Crippen LogP contribution < -0.4 is 25.2 Å². The molecule has 0 bridgehead atoms. The van der Waals surface area contributed by atoms with E-state index in [2.05, 4.69) is 10.6 Å². The van der Waals surface area contributed by atoms with Crippen LogP contribution in [0.1, 0.15) is 19.4 Å². The molecule has 0 unspecified atom stereocenters. The number of ether oxygens (including phenoxy) is 2. The van der Waals surface area contributed by atoms with Gasteiger partial charge in [-0.1, -0.05) is 13.8 Å². The predicted molar refractivity (Wildman–Crippen MR) is 78.6 cm³/mol. The molecule has 2 amide bonds. The van der Waals surface area contributed by atoms with Crippen LogP contribution in [0.25, 0.3) is 0 Å². The number of hydrogen-bond donors (Lipinski definition) is 2. The Balaban J connectivity index is 2.66. The van der Waals surface area contributed by atoms with E-state index in [1.807, 2.05) is 0 Å². The second kappa shape index (κ2) is 8.11. The summed E-state index contributed by atoms with van der Waals surface area (Å²) in [6.07, 6.45) is 0. The first-order chi connectivity index (χ1) is 10.4. The van der Waals surface area contributed by atoms with Gasteiger partial charge in [0.15, 0.2) is 0 Å². The number of nitrogens with one attached hydrogen (secondary N) is 2. The smallest absolute Gasteiger partial charge is 0.315 e. The van der Waals surface area contributed by atoms with Crippen LogP contribution >= 0.6 is 0 Å². The molecule has 0 aliphatic heterocycles. The van der Waals surface area contributed by atoms with Crippen molar-refractivity contribution < 1.29 is 24.2 Å². The Morgan fingerprint density at radius 1 is 1.23 bits per heavy atom. The van der Waals surface area contributed by atoms with Gasteiger partial charge in [0.25, 0.3) is 0 Å². The highest BCUT2D eigenvalue weighted by Gasteiger charge is 2.17. The van der Waals surface area contributed by atoms with Crippen molar-refractivity contribution in [3.63, 3.8) is 0 Å². The molecular formula is C15H21N2O5-. The molecule has 0 heterocycles. The summed E-state index contributed by atoms with van der Waals surface area (Å²) in [4.78, 5) is 22.7. The van der Waals surface area contributed by atoms with E-state index in [-0.39, 0.29) is 12.5 Å². The van der Waals surface area contributed by atoms with Crippen LogP contribution in [0, 0.1) is 5.92 Å². The molecule has 1 aromatic rings. The van der Waals surface area contributed by atoms with E-state index in [9.17, 15) is 14.7 Å². The number of benzene rings is 1. The summed E-state index contributed by atoms with van der Waals surface area (Å²) in [6, 6.07) is 3.58. The topological polar surface area (TPSA) is 99.7 Å². The lowest BCUT2D eigenvalue weighted by Crippen LogP contribution is -2.53. The number of urea groups is 1. The first-order valence-corrected chi connectivity index (χ1v) is 6.85. The highest BCUT2D eigenvalue weighted by atomic mass is 16.5. The van der Waals surface area contributed by atoms with Crippen molar-refractivity contribution in [2.24, 2.45) is 5.92 Å². The highest BCUT2D eigenvalue weighted by molar-refractivity contribution is 5.81. The van der Waals surface area contributed by atoms with Crippen LogP contribution in [0.2, 0.25) is 0 Å². The number of carboxylic acid groups (broad SMARTS) is 1. The van der Waals surface area contributed by atoms with Gasteiger partial charge in [0.1, 0.15) is 11.5 Å². The van der Waals surface area contributed by atoms with Gasteiger partial charge in [-0.15, -0.1) is 0 Å². The largest absolute Gasteiger partial charge is 0.548 e. The number of carboxylic acids is 1. The first-order valence-electron chi connectivity index (χ1n) is 6.85. The second-order valence-corrected chi connectivity index (χ2v) is 5.05. The summed E-state index contributed by atoms with van der Waals surface area (Å²) in [5.41, 5.74) is 0.744. The number of aliphatic carboxylic acids is 1. The van der Waals surface area contributed by atoms with Crippen molar-refractivity contribution in [1.82, 2.24) is 10.6 Å². The maximum atomic E-state index is 11.8. The summed E-state index contributed by atoms with van der Waals surface area (Å²) in [7, 11) is 3.06. The summed E-state index contributed by atoms with van der Waals surface area (Å²) in [6.45, 7) is 3.57. The maximum Gasteiger partial charge on any atom is 0.315 e. The lowest BCUT2D eigenvalue weighted by molar-refractivity contribution is -0.309. The van der Waals surface area contributed by atoms with Crippen LogP contribution in [0.4, 0.5) is 4.79 Å². The van der Waals surface area contributed by atoms with Crippen molar-refractivity contribution >= 4 is 12.0 Å². The molecule has 0 aliphatic rings. The molecule has 7 nitrogen and oxygen atoms in total. The van der Waals surface area contributed by atoms with Gasteiger partial charge in [-0.25, -0.2) is 4.79 Å². The molecule has 0 fully saturated rings. The van der Waals surface area contributed by atoms with Crippen LogP contribution in [0.3, 0.4) is 0 Å². The van der Waals surface area contributed by atoms with E-state index in [0.29, 0.717) is 11.5 Å². The zero-order valence-corrected chi connectivity index (χ0v) is 13.1. The normalized spacial score (nSPS) is 11.7. The van der Waals surface area contributed by atoms with Crippen LogP contribution in [0.5, 0.6) is 11.5 Å². The van der Waals surface area contributed by atoms with Gasteiger partial charge in [-0.2, -0.15) is 0 Å². The van der Waals surface area contributed by atoms with E-state index < -0.39 is 18.0 Å². The van der Waals surface area contributed by atoms with Crippen molar-refractivity contribution in [1.29, 1.82) is 0 Å². The quantitative estimate of drug-likeness (QED) is 0.753. The van der Waals surface area contributed by atoms with Gasteiger partial charge < -0.3 is 30.0 Å². The molecule has 122 valence electrons. The first kappa shape index (κ1) is 17.6. The van der Waals surface area contributed by atoms with Crippen molar-refractivity contribution in [3.8, 4) is 11.5 Å². The standard InChI is InChI=1S/C15H22N2O5/c1-9(2)13(14(18)19)17-15(20)16-8-10-5-6-11(21-3)7-12(10)22-4/h5-7,9,13H,8H2,1-4H3,(H,18,19)(H2,16,17,20)/p-1/t13-/m0/s1. The monoisotopic (exact) mass is 309 g/mol. The third-order valence-electron chi connectivity index (χ3n) is 3.14. The number of hydrogen-bond acceptors (Lipinski definition) is 5. The molecule has 0 radical (unpaired) electrons. The minimum atomic E-state index is -1.31. The second-order valence-electron chi connectivity index (χ2n) is 5.05. The third kappa shape index (κ3) is 4.83. The fourth-order valence-corrected chi connectivity index (χ4v) is 1.86. The third-order valence-corrected chi connectivity index (χ3v) is 3.14. The Kier molecular flexibility index (Phi) is 6.49. The van der Waals surface area contributed by atoms with Gasteiger partial charge in [-0.3, -0.25) is 0 Å². The Morgan fingerprint density at radius 3 is 2.41 bits per heavy atom. The molecule has 0 saturated carbocycles. The molecule has 22 heavy (non-hydrogen) atoms. The summed E-state index contributed by atoms with van der Waals surface area (Å²) in [5, 5.41) is 15.9. The summed E-state index contributed by atoms with van der Waals surface area (Å²) < 4.78 is 10.3. The summed E-state index contributed by atoms with van der Waals surface area (Å²) >= 11 is 0. The minimum Gasteiger partial charge on any atom is -0.548 e. The van der Waals surface area contributed by atoms with E-state index in [4.69, 9.17) is 9.47 Å². The van der Waals surface area contributed by atoms with Crippen molar-refractivity contribution in [2.75, 3.05) is 14.2 Å². The molecule has 0 aliphatic carbocycles. The van der Waals surface area contributed by atoms with E-state index in [1.54, 1.807) is 39.2 Å². The van der Waals surface area contributed by atoms with Gasteiger partial charge in [-0.05, 0) is 18.1 Å². The average Bonchev–Trinajstić information content (AvgIpc) is 2.49. The number of rotatable bonds is 7. The predicted octanol–water partition coefficient (Wildman–Crippen LogP) is 0.277. The average molecular weight is 309 g/mol. The lowest BCUT2D eigenvalue weighted by atomic mass is 10.1. The Hall–Kier alpha value is -2.44. The molecule has 0 aromatic heterocycles. The highest BCUT2D eigenvalue weighted by Crippen LogP contribution is 2.24. The van der Waals surface area contributed by atoms with E-state index in [0.717, 1.165) is 5.56 Å². The Labute approximate surface area is 129 Å². The van der Waals surface area contributed by atoms with Gasteiger partial charge in [0, 0.05) is 18.2 Å². The zero-order valence-electron chi connectivity index (χ0n) is 13.1. The fraction of sp³-hybridized carbons (Fsp3) is 0.467. The van der Waals surface area contributed by atoms with Gasteiger partial charge >= 0.3 is 6.03 Å². The van der Waals surface area contributed by atoms with E-state index in [1.165, 1.54) is 7.11 Å². The number of carbonyl (C=O) groups is 2. The molecule has 2 N–H and O–H groups in total. The van der Waals surface area contributed by atoms with Crippen LogP contribution in [-0.2, 0) is 11.3 Å².